The molecule has 1 unspecified atom stereocenters. The summed E-state index contributed by atoms with van der Waals surface area (Å²) in [6.07, 6.45) is 4.08. The van der Waals surface area contributed by atoms with E-state index in [2.05, 4.69) is 4.98 Å². The SMILES string of the molecule is NC(Cc1c(Cl)cccc1Cl)c1cccnc1. The number of aromatic nitrogens is 1. The van der Waals surface area contributed by atoms with Crippen LogP contribution in [0.3, 0.4) is 0 Å². The van der Waals surface area contributed by atoms with E-state index in [4.69, 9.17) is 28.9 Å². The van der Waals surface area contributed by atoms with Crippen molar-refractivity contribution >= 4 is 23.2 Å². The second kappa shape index (κ2) is 5.50. The lowest BCUT2D eigenvalue weighted by Gasteiger charge is -2.13. The lowest BCUT2D eigenvalue weighted by molar-refractivity contribution is 0.718. The van der Waals surface area contributed by atoms with Crippen molar-refractivity contribution < 1.29 is 0 Å². The fraction of sp³-hybridized carbons (Fsp3) is 0.154. The number of hydrogen-bond acceptors (Lipinski definition) is 2. The molecule has 0 aliphatic heterocycles. The number of hydrogen-bond donors (Lipinski definition) is 1. The highest BCUT2D eigenvalue weighted by Crippen LogP contribution is 2.28. The molecule has 2 aromatic rings. The van der Waals surface area contributed by atoms with Crippen LogP contribution in [0.15, 0.2) is 42.7 Å². The van der Waals surface area contributed by atoms with Gasteiger partial charge in [-0.05, 0) is 35.7 Å². The topological polar surface area (TPSA) is 38.9 Å². The molecule has 0 spiro atoms. The first-order valence-corrected chi connectivity index (χ1v) is 6.02. The summed E-state index contributed by atoms with van der Waals surface area (Å²) in [7, 11) is 0. The van der Waals surface area contributed by atoms with Crippen LogP contribution in [0.2, 0.25) is 10.0 Å². The molecule has 2 N–H and O–H groups in total. The molecule has 0 aliphatic carbocycles. The molecule has 0 aliphatic rings. The summed E-state index contributed by atoms with van der Waals surface area (Å²) < 4.78 is 0. The maximum atomic E-state index is 6.11. The van der Waals surface area contributed by atoms with Gasteiger partial charge in [0.25, 0.3) is 0 Å². The Morgan fingerprint density at radius 2 is 1.82 bits per heavy atom. The van der Waals surface area contributed by atoms with Gasteiger partial charge in [0.15, 0.2) is 0 Å². The van der Waals surface area contributed by atoms with Crippen molar-refractivity contribution in [1.29, 1.82) is 0 Å². The number of pyridine rings is 1. The van der Waals surface area contributed by atoms with Crippen LogP contribution in [0.1, 0.15) is 17.2 Å². The van der Waals surface area contributed by atoms with Gasteiger partial charge in [0.05, 0.1) is 0 Å². The van der Waals surface area contributed by atoms with Crippen LogP contribution in [0.4, 0.5) is 0 Å². The molecule has 1 atom stereocenters. The molecule has 0 saturated heterocycles. The highest BCUT2D eigenvalue weighted by atomic mass is 35.5. The Labute approximate surface area is 110 Å². The number of nitrogens with zero attached hydrogens (tertiary/aromatic N) is 1. The average molecular weight is 267 g/mol. The molecule has 1 heterocycles. The van der Waals surface area contributed by atoms with E-state index < -0.39 is 0 Å². The van der Waals surface area contributed by atoms with E-state index in [-0.39, 0.29) is 6.04 Å². The van der Waals surface area contributed by atoms with Crippen LogP contribution < -0.4 is 5.73 Å². The first kappa shape index (κ1) is 12.4. The van der Waals surface area contributed by atoms with Crippen LogP contribution >= 0.6 is 23.2 Å². The Balaban J connectivity index is 2.22. The van der Waals surface area contributed by atoms with Crippen molar-refractivity contribution in [2.24, 2.45) is 5.73 Å². The van der Waals surface area contributed by atoms with Gasteiger partial charge in [-0.3, -0.25) is 4.98 Å². The Morgan fingerprint density at radius 1 is 1.12 bits per heavy atom. The van der Waals surface area contributed by atoms with Gasteiger partial charge >= 0.3 is 0 Å². The predicted octanol–water partition coefficient (Wildman–Crippen LogP) is 3.63. The van der Waals surface area contributed by atoms with E-state index in [1.165, 1.54) is 0 Å². The minimum absolute atomic E-state index is 0.152. The summed E-state index contributed by atoms with van der Waals surface area (Å²) in [4.78, 5) is 4.05. The third-order valence-corrected chi connectivity index (χ3v) is 3.31. The van der Waals surface area contributed by atoms with Crippen LogP contribution in [0, 0.1) is 0 Å². The molecule has 0 saturated carbocycles. The second-order valence-corrected chi connectivity index (χ2v) is 4.61. The summed E-state index contributed by atoms with van der Waals surface area (Å²) >= 11 is 12.2. The van der Waals surface area contributed by atoms with Crippen molar-refractivity contribution in [3.63, 3.8) is 0 Å². The summed E-state index contributed by atoms with van der Waals surface area (Å²) in [5, 5.41) is 1.30. The molecular weight excluding hydrogens is 255 g/mol. The smallest absolute Gasteiger partial charge is 0.0453 e. The van der Waals surface area contributed by atoms with Gasteiger partial charge in [0.1, 0.15) is 0 Å². The van der Waals surface area contributed by atoms with Crippen LogP contribution in [0.5, 0.6) is 0 Å². The van der Waals surface area contributed by atoms with Gasteiger partial charge in [-0.25, -0.2) is 0 Å². The van der Waals surface area contributed by atoms with Gasteiger partial charge < -0.3 is 5.73 Å². The van der Waals surface area contributed by atoms with E-state index in [1.807, 2.05) is 30.3 Å². The fourth-order valence-corrected chi connectivity index (χ4v) is 2.21. The highest BCUT2D eigenvalue weighted by Gasteiger charge is 2.12. The lowest BCUT2D eigenvalue weighted by atomic mass is 10.0. The molecule has 0 radical (unpaired) electrons. The minimum Gasteiger partial charge on any atom is -0.324 e. The van der Waals surface area contributed by atoms with E-state index in [0.29, 0.717) is 16.5 Å². The quantitative estimate of drug-likeness (QED) is 0.922. The summed E-state index contributed by atoms with van der Waals surface area (Å²) in [6, 6.07) is 9.12. The molecule has 17 heavy (non-hydrogen) atoms. The Kier molecular flexibility index (Phi) is 4.00. The zero-order valence-electron chi connectivity index (χ0n) is 9.11. The maximum Gasteiger partial charge on any atom is 0.0453 e. The first-order chi connectivity index (χ1) is 8.18. The van der Waals surface area contributed by atoms with Crippen LogP contribution in [0.25, 0.3) is 0 Å². The molecule has 2 nitrogen and oxygen atoms in total. The van der Waals surface area contributed by atoms with E-state index in [1.54, 1.807) is 12.4 Å². The molecule has 1 aromatic heterocycles. The van der Waals surface area contributed by atoms with Crippen molar-refractivity contribution in [2.45, 2.75) is 12.5 Å². The summed E-state index contributed by atoms with van der Waals surface area (Å²) in [5.74, 6) is 0. The number of rotatable bonds is 3. The maximum absolute atomic E-state index is 6.11. The van der Waals surface area contributed by atoms with Crippen molar-refractivity contribution in [2.75, 3.05) is 0 Å². The van der Waals surface area contributed by atoms with Gasteiger partial charge in [0, 0.05) is 28.5 Å². The van der Waals surface area contributed by atoms with Crippen LogP contribution in [-0.2, 0) is 6.42 Å². The van der Waals surface area contributed by atoms with Crippen LogP contribution in [-0.4, -0.2) is 4.98 Å². The van der Waals surface area contributed by atoms with Gasteiger partial charge in [0.2, 0.25) is 0 Å². The molecule has 88 valence electrons. The Hall–Kier alpha value is -1.09. The second-order valence-electron chi connectivity index (χ2n) is 3.80. The predicted molar refractivity (Wildman–Crippen MR) is 71.3 cm³/mol. The average Bonchev–Trinajstić information content (AvgIpc) is 2.35. The molecule has 4 heteroatoms. The number of halogens is 2. The Bertz CT molecular complexity index is 480. The fourth-order valence-electron chi connectivity index (χ4n) is 1.66. The minimum atomic E-state index is -0.152. The molecule has 0 fully saturated rings. The van der Waals surface area contributed by atoms with Gasteiger partial charge in [-0.1, -0.05) is 35.3 Å². The third-order valence-electron chi connectivity index (χ3n) is 2.60. The normalized spacial score (nSPS) is 12.4. The van der Waals surface area contributed by atoms with E-state index in [9.17, 15) is 0 Å². The summed E-state index contributed by atoms with van der Waals surface area (Å²) in [6.45, 7) is 0. The third kappa shape index (κ3) is 2.97. The van der Waals surface area contributed by atoms with Crippen molar-refractivity contribution in [1.82, 2.24) is 4.98 Å². The van der Waals surface area contributed by atoms with Crippen molar-refractivity contribution in [3.8, 4) is 0 Å². The number of nitrogens with two attached hydrogens (primary N) is 1. The lowest BCUT2D eigenvalue weighted by Crippen LogP contribution is -2.14. The zero-order chi connectivity index (χ0) is 12.3. The Morgan fingerprint density at radius 3 is 2.41 bits per heavy atom. The number of benzene rings is 1. The largest absolute Gasteiger partial charge is 0.324 e. The van der Waals surface area contributed by atoms with E-state index >= 15 is 0 Å². The monoisotopic (exact) mass is 266 g/mol. The van der Waals surface area contributed by atoms with Gasteiger partial charge in [-0.15, -0.1) is 0 Å². The zero-order valence-corrected chi connectivity index (χ0v) is 10.6. The summed E-state index contributed by atoms with van der Waals surface area (Å²) in [5.41, 5.74) is 7.96. The standard InChI is InChI=1S/C13H12Cl2N2/c14-11-4-1-5-12(15)10(11)7-13(16)9-3-2-6-17-8-9/h1-6,8,13H,7,16H2. The van der Waals surface area contributed by atoms with E-state index in [0.717, 1.165) is 11.1 Å². The first-order valence-electron chi connectivity index (χ1n) is 5.27. The molecule has 0 amide bonds. The molecule has 2 rings (SSSR count). The highest BCUT2D eigenvalue weighted by molar-refractivity contribution is 6.36. The molecule has 1 aromatic carbocycles. The van der Waals surface area contributed by atoms with Crippen molar-refractivity contribution in [3.05, 3.63) is 63.9 Å². The van der Waals surface area contributed by atoms with Gasteiger partial charge in [-0.2, -0.15) is 0 Å². The molecule has 0 bridgehead atoms. The molecular formula is C13H12Cl2N2.